The van der Waals surface area contributed by atoms with Crippen molar-refractivity contribution in [3.63, 3.8) is 0 Å². The molecular formula is C19H31N3O. The van der Waals surface area contributed by atoms with Crippen molar-refractivity contribution in [2.45, 2.75) is 38.6 Å². The number of rotatable bonds is 6. The number of hydrogen-bond donors (Lipinski definition) is 2. The van der Waals surface area contributed by atoms with Crippen molar-refractivity contribution in [2.24, 2.45) is 0 Å². The molecule has 2 N–H and O–H groups in total. The van der Waals surface area contributed by atoms with Crippen molar-refractivity contribution in [3.05, 3.63) is 29.3 Å². The molecule has 1 aliphatic heterocycles. The maximum absolute atomic E-state index is 10.0. The molecule has 23 heavy (non-hydrogen) atoms. The summed E-state index contributed by atoms with van der Waals surface area (Å²) >= 11 is 0. The number of piperazine rings is 1. The third-order valence-electron chi connectivity index (χ3n) is 5.37. The van der Waals surface area contributed by atoms with E-state index in [9.17, 15) is 5.11 Å². The van der Waals surface area contributed by atoms with Crippen LogP contribution in [-0.2, 0) is 12.8 Å². The first-order valence-corrected chi connectivity index (χ1v) is 9.24. The van der Waals surface area contributed by atoms with Gasteiger partial charge in [0.2, 0.25) is 0 Å². The second-order valence-corrected chi connectivity index (χ2v) is 6.94. The van der Waals surface area contributed by atoms with Crippen LogP contribution in [0.3, 0.4) is 0 Å². The number of nitrogens with zero attached hydrogens (tertiary/aromatic N) is 2. The zero-order chi connectivity index (χ0) is 16.1. The van der Waals surface area contributed by atoms with E-state index in [1.807, 2.05) is 12.1 Å². The van der Waals surface area contributed by atoms with E-state index < -0.39 is 0 Å². The van der Waals surface area contributed by atoms with Gasteiger partial charge in [0.1, 0.15) is 5.75 Å². The van der Waals surface area contributed by atoms with E-state index >= 15 is 0 Å². The normalized spacial score (nSPS) is 22.3. The van der Waals surface area contributed by atoms with Crippen molar-refractivity contribution < 1.29 is 5.11 Å². The first-order valence-electron chi connectivity index (χ1n) is 9.24. The van der Waals surface area contributed by atoms with Gasteiger partial charge in [-0.25, -0.2) is 0 Å². The van der Waals surface area contributed by atoms with Gasteiger partial charge in [-0.05, 0) is 49.4 Å². The summed E-state index contributed by atoms with van der Waals surface area (Å²) in [4.78, 5) is 5.27. The zero-order valence-corrected chi connectivity index (χ0v) is 14.4. The molecule has 0 bridgehead atoms. The maximum atomic E-state index is 10.0. The Kier molecular flexibility index (Phi) is 5.92. The van der Waals surface area contributed by atoms with Crippen LogP contribution in [0.5, 0.6) is 5.75 Å². The van der Waals surface area contributed by atoms with Gasteiger partial charge in [-0.2, -0.15) is 0 Å². The first-order chi connectivity index (χ1) is 11.3. The summed E-state index contributed by atoms with van der Waals surface area (Å²) in [7, 11) is 0. The predicted molar refractivity (Wildman–Crippen MR) is 95.1 cm³/mol. The molecule has 4 heteroatoms. The van der Waals surface area contributed by atoms with Gasteiger partial charge < -0.3 is 10.4 Å². The molecule has 0 spiro atoms. The van der Waals surface area contributed by atoms with Gasteiger partial charge in [-0.3, -0.25) is 9.80 Å². The Hall–Kier alpha value is -1.10. The van der Waals surface area contributed by atoms with Crippen molar-refractivity contribution in [2.75, 3.05) is 45.8 Å². The number of benzene rings is 1. The molecule has 1 atom stereocenters. The van der Waals surface area contributed by atoms with Crippen LogP contribution in [0.1, 0.15) is 30.9 Å². The smallest absolute Gasteiger partial charge is 0.119 e. The van der Waals surface area contributed by atoms with Crippen LogP contribution in [0.2, 0.25) is 0 Å². The molecule has 2 aliphatic rings. The molecule has 0 aromatic heterocycles. The highest BCUT2D eigenvalue weighted by molar-refractivity contribution is 5.41. The topological polar surface area (TPSA) is 38.7 Å². The molecule has 1 aromatic carbocycles. The van der Waals surface area contributed by atoms with E-state index in [1.54, 1.807) is 0 Å². The highest BCUT2D eigenvalue weighted by Crippen LogP contribution is 2.30. The monoisotopic (exact) mass is 317 g/mol. The molecule has 128 valence electrons. The molecule has 1 aliphatic carbocycles. The Morgan fingerprint density at radius 1 is 1.26 bits per heavy atom. The summed E-state index contributed by atoms with van der Waals surface area (Å²) in [6, 6.07) is 6.64. The Labute approximate surface area is 140 Å². The largest absolute Gasteiger partial charge is 0.508 e. The fourth-order valence-electron chi connectivity index (χ4n) is 4.05. The van der Waals surface area contributed by atoms with E-state index in [0.717, 1.165) is 25.9 Å². The molecule has 1 aromatic rings. The van der Waals surface area contributed by atoms with E-state index in [0.29, 0.717) is 11.8 Å². The Morgan fingerprint density at radius 2 is 2.09 bits per heavy atom. The zero-order valence-electron chi connectivity index (χ0n) is 14.4. The number of phenols is 1. The number of hydrogen-bond acceptors (Lipinski definition) is 4. The summed E-state index contributed by atoms with van der Waals surface area (Å²) in [6.07, 6.45) is 4.49. The average Bonchev–Trinajstić information content (AvgIpc) is 2.59. The summed E-state index contributed by atoms with van der Waals surface area (Å²) in [5, 5.41) is 13.5. The quantitative estimate of drug-likeness (QED) is 0.840. The summed E-state index contributed by atoms with van der Waals surface area (Å²) < 4.78 is 0. The van der Waals surface area contributed by atoms with Crippen LogP contribution in [0.25, 0.3) is 0 Å². The molecule has 0 saturated carbocycles. The number of fused-ring (bicyclic) bond motifs is 1. The summed E-state index contributed by atoms with van der Waals surface area (Å²) in [5.74, 6) is 0.490. The van der Waals surface area contributed by atoms with Crippen LogP contribution >= 0.6 is 0 Å². The Morgan fingerprint density at radius 3 is 2.87 bits per heavy atom. The fraction of sp³-hybridized carbons (Fsp3) is 0.684. The lowest BCUT2D eigenvalue weighted by Crippen LogP contribution is -2.48. The van der Waals surface area contributed by atoms with Crippen LogP contribution in [0.15, 0.2) is 18.2 Å². The predicted octanol–water partition coefficient (Wildman–Crippen LogP) is 1.87. The van der Waals surface area contributed by atoms with Crippen molar-refractivity contribution >= 4 is 0 Å². The van der Waals surface area contributed by atoms with Crippen LogP contribution in [0.4, 0.5) is 0 Å². The average molecular weight is 317 g/mol. The van der Waals surface area contributed by atoms with Crippen molar-refractivity contribution in [1.82, 2.24) is 15.1 Å². The van der Waals surface area contributed by atoms with E-state index in [2.05, 4.69) is 28.1 Å². The molecule has 3 rings (SSSR count). The highest BCUT2D eigenvalue weighted by Gasteiger charge is 2.25. The SMILES string of the molecule is CCCN(CCN1CCNCC1)C1CCc2c(O)cccc2C1. The molecule has 1 unspecified atom stereocenters. The van der Waals surface area contributed by atoms with Crippen LogP contribution in [0, 0.1) is 0 Å². The Balaban J connectivity index is 1.60. The summed E-state index contributed by atoms with van der Waals surface area (Å²) in [5.41, 5.74) is 2.53. The molecule has 1 fully saturated rings. The van der Waals surface area contributed by atoms with Gasteiger partial charge in [0, 0.05) is 45.3 Å². The fourth-order valence-corrected chi connectivity index (χ4v) is 4.05. The van der Waals surface area contributed by atoms with E-state index in [-0.39, 0.29) is 0 Å². The minimum atomic E-state index is 0.490. The Bertz CT molecular complexity index is 499. The molecule has 0 amide bonds. The molecule has 1 saturated heterocycles. The lowest BCUT2D eigenvalue weighted by molar-refractivity contribution is 0.142. The van der Waals surface area contributed by atoms with E-state index in [1.165, 1.54) is 56.7 Å². The van der Waals surface area contributed by atoms with E-state index in [4.69, 9.17) is 0 Å². The second kappa shape index (κ2) is 8.13. The molecule has 1 heterocycles. The second-order valence-electron chi connectivity index (χ2n) is 6.94. The van der Waals surface area contributed by atoms with Gasteiger partial charge in [0.15, 0.2) is 0 Å². The minimum absolute atomic E-state index is 0.490. The molecule has 4 nitrogen and oxygen atoms in total. The van der Waals surface area contributed by atoms with Gasteiger partial charge in [-0.1, -0.05) is 19.1 Å². The van der Waals surface area contributed by atoms with Gasteiger partial charge in [0.05, 0.1) is 0 Å². The number of nitrogens with one attached hydrogen (secondary N) is 1. The lowest BCUT2D eigenvalue weighted by atomic mass is 9.87. The maximum Gasteiger partial charge on any atom is 0.119 e. The van der Waals surface area contributed by atoms with Gasteiger partial charge in [-0.15, -0.1) is 0 Å². The summed E-state index contributed by atoms with van der Waals surface area (Å²) in [6.45, 7) is 10.4. The minimum Gasteiger partial charge on any atom is -0.508 e. The number of phenolic OH excluding ortho intramolecular Hbond substituents is 1. The third-order valence-corrected chi connectivity index (χ3v) is 5.37. The standard InChI is InChI=1S/C19H31N3O/c1-2-10-22(14-13-21-11-8-20-9-12-21)17-6-7-18-16(15-17)4-3-5-19(18)23/h3-5,17,20,23H,2,6-15H2,1H3. The molecular weight excluding hydrogens is 286 g/mol. The lowest BCUT2D eigenvalue weighted by Gasteiger charge is -2.37. The highest BCUT2D eigenvalue weighted by atomic mass is 16.3. The van der Waals surface area contributed by atoms with Gasteiger partial charge in [0.25, 0.3) is 0 Å². The molecule has 0 radical (unpaired) electrons. The number of aromatic hydroxyl groups is 1. The van der Waals surface area contributed by atoms with Crippen molar-refractivity contribution in [1.29, 1.82) is 0 Å². The van der Waals surface area contributed by atoms with Crippen molar-refractivity contribution in [3.8, 4) is 5.75 Å². The first kappa shape index (κ1) is 16.7. The third kappa shape index (κ3) is 4.25. The van der Waals surface area contributed by atoms with Gasteiger partial charge >= 0.3 is 0 Å². The van der Waals surface area contributed by atoms with Crippen LogP contribution < -0.4 is 5.32 Å². The van der Waals surface area contributed by atoms with Crippen LogP contribution in [-0.4, -0.2) is 66.8 Å².